The van der Waals surface area contributed by atoms with Crippen molar-refractivity contribution in [3.05, 3.63) is 0 Å². The molecule has 0 spiro atoms. The summed E-state index contributed by atoms with van der Waals surface area (Å²) >= 11 is 0. The molecule has 0 saturated carbocycles. The van der Waals surface area contributed by atoms with Crippen molar-refractivity contribution >= 4 is 0 Å². The van der Waals surface area contributed by atoms with Crippen LogP contribution in [0.25, 0.3) is 0 Å². The molecule has 0 aromatic heterocycles. The first-order valence-corrected chi connectivity index (χ1v) is 8.17. The molecule has 1 unspecified atom stereocenters. The molecule has 0 radical (unpaired) electrons. The lowest BCUT2D eigenvalue weighted by Gasteiger charge is -2.50. The maximum absolute atomic E-state index is 3.86. The summed E-state index contributed by atoms with van der Waals surface area (Å²) in [7, 11) is 0. The van der Waals surface area contributed by atoms with E-state index in [1.54, 1.807) is 0 Å². The molecule has 0 bridgehead atoms. The fraction of sp³-hybridized carbons (Fsp3) is 1.00. The van der Waals surface area contributed by atoms with Gasteiger partial charge in [-0.1, -0.05) is 41.0 Å². The molecule has 18 heavy (non-hydrogen) atoms. The van der Waals surface area contributed by atoms with Gasteiger partial charge in [-0.25, -0.2) is 0 Å². The summed E-state index contributed by atoms with van der Waals surface area (Å²) in [5, 5.41) is 3.86. The number of nitrogens with zero attached hydrogens (tertiary/aromatic N) is 1. The third-order valence-electron chi connectivity index (χ3n) is 5.05. The number of hydrogen-bond acceptors (Lipinski definition) is 2. The Kier molecular flexibility index (Phi) is 6.65. The highest BCUT2D eigenvalue weighted by Crippen LogP contribution is 2.27. The van der Waals surface area contributed by atoms with E-state index in [0.717, 1.165) is 12.1 Å². The average Bonchev–Trinajstić information content (AvgIpc) is 2.42. The number of hydrogen-bond donors (Lipinski definition) is 1. The summed E-state index contributed by atoms with van der Waals surface area (Å²) in [6.07, 6.45) is 7.72. The fourth-order valence-corrected chi connectivity index (χ4v) is 3.50. The summed E-state index contributed by atoms with van der Waals surface area (Å²) in [6, 6.07) is 1.53. The second-order valence-electron chi connectivity index (χ2n) is 5.95. The number of rotatable bonds is 7. The van der Waals surface area contributed by atoms with Gasteiger partial charge in [0.05, 0.1) is 0 Å². The van der Waals surface area contributed by atoms with E-state index in [1.165, 1.54) is 51.6 Å². The summed E-state index contributed by atoms with van der Waals surface area (Å²) in [6.45, 7) is 14.1. The van der Waals surface area contributed by atoms with Gasteiger partial charge in [-0.2, -0.15) is 0 Å². The standard InChI is InChI=1S/C16H34N2/c1-6-11-15-12-17-16(9-4,10-5)13-18(15)14(7-2)8-3/h14-15,17H,6-13H2,1-5H3. The summed E-state index contributed by atoms with van der Waals surface area (Å²) in [5.74, 6) is 0. The lowest BCUT2D eigenvalue weighted by Crippen LogP contribution is -2.65. The Hall–Kier alpha value is -0.0800. The molecule has 1 saturated heterocycles. The predicted octanol–water partition coefficient (Wildman–Crippen LogP) is 3.81. The highest BCUT2D eigenvalue weighted by atomic mass is 15.3. The molecule has 2 nitrogen and oxygen atoms in total. The second-order valence-corrected chi connectivity index (χ2v) is 5.95. The molecule has 1 N–H and O–H groups in total. The zero-order chi connectivity index (χ0) is 13.6. The molecular formula is C16H34N2. The van der Waals surface area contributed by atoms with Crippen LogP contribution in [-0.4, -0.2) is 35.6 Å². The van der Waals surface area contributed by atoms with E-state index in [9.17, 15) is 0 Å². The Bertz CT molecular complexity index is 219. The SMILES string of the molecule is CCCC1CNC(CC)(CC)CN1C(CC)CC. The minimum atomic E-state index is 0.368. The van der Waals surface area contributed by atoms with E-state index < -0.39 is 0 Å². The molecular weight excluding hydrogens is 220 g/mol. The van der Waals surface area contributed by atoms with Gasteiger partial charge >= 0.3 is 0 Å². The summed E-state index contributed by atoms with van der Waals surface area (Å²) < 4.78 is 0. The van der Waals surface area contributed by atoms with Gasteiger partial charge in [0.15, 0.2) is 0 Å². The van der Waals surface area contributed by atoms with Gasteiger partial charge in [-0.05, 0) is 32.1 Å². The minimum absolute atomic E-state index is 0.368. The van der Waals surface area contributed by atoms with Gasteiger partial charge in [0.2, 0.25) is 0 Å². The van der Waals surface area contributed by atoms with Crippen molar-refractivity contribution in [1.29, 1.82) is 0 Å². The van der Waals surface area contributed by atoms with Crippen molar-refractivity contribution in [2.75, 3.05) is 13.1 Å². The normalized spacial score (nSPS) is 24.7. The zero-order valence-electron chi connectivity index (χ0n) is 13.3. The first-order chi connectivity index (χ1) is 8.66. The minimum Gasteiger partial charge on any atom is -0.308 e. The number of piperazine rings is 1. The molecule has 0 aromatic rings. The molecule has 1 aliphatic heterocycles. The van der Waals surface area contributed by atoms with Gasteiger partial charge in [-0.15, -0.1) is 0 Å². The van der Waals surface area contributed by atoms with Crippen LogP contribution < -0.4 is 5.32 Å². The lowest BCUT2D eigenvalue weighted by molar-refractivity contribution is 0.0295. The molecule has 1 atom stereocenters. The van der Waals surface area contributed by atoms with Gasteiger partial charge in [0.25, 0.3) is 0 Å². The van der Waals surface area contributed by atoms with Gasteiger partial charge in [0, 0.05) is 30.7 Å². The van der Waals surface area contributed by atoms with Crippen LogP contribution in [0.1, 0.15) is 73.1 Å². The third kappa shape index (κ3) is 3.48. The van der Waals surface area contributed by atoms with E-state index in [-0.39, 0.29) is 0 Å². The van der Waals surface area contributed by atoms with Gasteiger partial charge in [-0.3, -0.25) is 4.90 Å². The Morgan fingerprint density at radius 1 is 1.11 bits per heavy atom. The predicted molar refractivity (Wildman–Crippen MR) is 81.1 cm³/mol. The monoisotopic (exact) mass is 254 g/mol. The third-order valence-corrected chi connectivity index (χ3v) is 5.05. The van der Waals surface area contributed by atoms with E-state index in [2.05, 4.69) is 44.8 Å². The molecule has 1 rings (SSSR count). The van der Waals surface area contributed by atoms with E-state index in [0.29, 0.717) is 5.54 Å². The Labute approximate surface area is 115 Å². The van der Waals surface area contributed by atoms with Crippen molar-refractivity contribution in [2.45, 2.75) is 90.8 Å². The second kappa shape index (κ2) is 7.49. The van der Waals surface area contributed by atoms with E-state index in [4.69, 9.17) is 0 Å². The topological polar surface area (TPSA) is 15.3 Å². The molecule has 108 valence electrons. The smallest absolute Gasteiger partial charge is 0.0304 e. The van der Waals surface area contributed by atoms with Crippen molar-refractivity contribution in [3.63, 3.8) is 0 Å². The van der Waals surface area contributed by atoms with Gasteiger partial charge < -0.3 is 5.32 Å². The Morgan fingerprint density at radius 3 is 2.17 bits per heavy atom. The molecule has 1 heterocycles. The van der Waals surface area contributed by atoms with Crippen molar-refractivity contribution < 1.29 is 0 Å². The molecule has 1 aliphatic rings. The van der Waals surface area contributed by atoms with Crippen LogP contribution in [0, 0.1) is 0 Å². The molecule has 2 heteroatoms. The highest BCUT2D eigenvalue weighted by molar-refractivity contribution is 4.98. The quantitative estimate of drug-likeness (QED) is 0.743. The molecule has 0 aromatic carbocycles. The first kappa shape index (κ1) is 16.0. The van der Waals surface area contributed by atoms with E-state index >= 15 is 0 Å². The maximum Gasteiger partial charge on any atom is 0.0304 e. The molecule has 1 fully saturated rings. The van der Waals surface area contributed by atoms with Gasteiger partial charge in [0.1, 0.15) is 0 Å². The molecule has 0 amide bonds. The highest BCUT2D eigenvalue weighted by Gasteiger charge is 2.38. The van der Waals surface area contributed by atoms with Crippen molar-refractivity contribution in [2.24, 2.45) is 0 Å². The van der Waals surface area contributed by atoms with Crippen molar-refractivity contribution in [3.8, 4) is 0 Å². The van der Waals surface area contributed by atoms with Crippen LogP contribution in [0.5, 0.6) is 0 Å². The Morgan fingerprint density at radius 2 is 1.72 bits per heavy atom. The zero-order valence-corrected chi connectivity index (χ0v) is 13.3. The first-order valence-electron chi connectivity index (χ1n) is 8.17. The Balaban J connectivity index is 2.81. The van der Waals surface area contributed by atoms with E-state index in [1.807, 2.05) is 0 Å². The maximum atomic E-state index is 3.86. The number of nitrogens with one attached hydrogen (secondary N) is 1. The largest absolute Gasteiger partial charge is 0.308 e. The van der Waals surface area contributed by atoms with Crippen molar-refractivity contribution in [1.82, 2.24) is 10.2 Å². The fourth-order valence-electron chi connectivity index (χ4n) is 3.50. The van der Waals surface area contributed by atoms with Crippen LogP contribution in [0.2, 0.25) is 0 Å². The van der Waals surface area contributed by atoms with Crippen LogP contribution in [0.3, 0.4) is 0 Å². The van der Waals surface area contributed by atoms with Crippen LogP contribution in [-0.2, 0) is 0 Å². The van der Waals surface area contributed by atoms with Crippen LogP contribution in [0.15, 0.2) is 0 Å². The summed E-state index contributed by atoms with van der Waals surface area (Å²) in [4.78, 5) is 2.83. The molecule has 0 aliphatic carbocycles. The lowest BCUT2D eigenvalue weighted by atomic mass is 9.86. The average molecular weight is 254 g/mol. The van der Waals surface area contributed by atoms with Crippen LogP contribution in [0.4, 0.5) is 0 Å². The van der Waals surface area contributed by atoms with Crippen LogP contribution >= 0.6 is 0 Å². The summed E-state index contributed by atoms with van der Waals surface area (Å²) in [5.41, 5.74) is 0.368.